The van der Waals surface area contributed by atoms with Crippen LogP contribution in [0.2, 0.25) is 0 Å². The fourth-order valence-electron chi connectivity index (χ4n) is 0.974. The second-order valence-electron chi connectivity index (χ2n) is 2.69. The molecule has 1 rings (SSSR count). The number of benzene rings is 1. The van der Waals surface area contributed by atoms with Crippen LogP contribution >= 0.6 is 22.6 Å². The zero-order valence-corrected chi connectivity index (χ0v) is 9.50. The first-order valence-corrected chi connectivity index (χ1v) is 4.93. The predicted octanol–water partition coefficient (Wildman–Crippen LogP) is 3.29. The van der Waals surface area contributed by atoms with Crippen LogP contribution in [0.15, 0.2) is 30.9 Å². The van der Waals surface area contributed by atoms with Crippen LogP contribution < -0.4 is 0 Å². The molecule has 1 radical (unpaired) electrons. The zero-order valence-electron chi connectivity index (χ0n) is 7.34. The van der Waals surface area contributed by atoms with Gasteiger partial charge in [-0.2, -0.15) is 5.26 Å². The topological polar surface area (TPSA) is 23.8 Å². The molecule has 0 saturated carbocycles. The van der Waals surface area contributed by atoms with Crippen molar-refractivity contribution in [3.05, 3.63) is 51.5 Å². The van der Waals surface area contributed by atoms with Gasteiger partial charge in [-0.05, 0) is 40.3 Å². The van der Waals surface area contributed by atoms with Crippen molar-refractivity contribution in [2.45, 2.75) is 6.92 Å². The van der Waals surface area contributed by atoms with Crippen molar-refractivity contribution < 1.29 is 0 Å². The van der Waals surface area contributed by atoms with Gasteiger partial charge in [0.05, 0.1) is 5.56 Å². The second kappa shape index (κ2) is 4.43. The summed E-state index contributed by atoms with van der Waals surface area (Å²) in [5.74, 6) is 1.09. The SMILES string of the molecule is C=C[C](C)c1ccc(I)c(C#N)c1. The van der Waals surface area contributed by atoms with E-state index in [1.807, 2.05) is 25.1 Å². The summed E-state index contributed by atoms with van der Waals surface area (Å²) >= 11 is 2.15. The van der Waals surface area contributed by atoms with Gasteiger partial charge in [-0.25, -0.2) is 0 Å². The Hall–Kier alpha value is -0.820. The summed E-state index contributed by atoms with van der Waals surface area (Å²) in [5.41, 5.74) is 1.78. The van der Waals surface area contributed by atoms with Crippen LogP contribution in [-0.2, 0) is 0 Å². The molecule has 0 aromatic heterocycles. The highest BCUT2D eigenvalue weighted by atomic mass is 127. The summed E-state index contributed by atoms with van der Waals surface area (Å²) < 4.78 is 0.987. The van der Waals surface area contributed by atoms with Gasteiger partial charge >= 0.3 is 0 Å². The van der Waals surface area contributed by atoms with E-state index in [2.05, 4.69) is 35.2 Å². The van der Waals surface area contributed by atoms with Crippen LogP contribution in [0.5, 0.6) is 0 Å². The van der Waals surface area contributed by atoms with Gasteiger partial charge in [0.1, 0.15) is 6.07 Å². The molecule has 0 bridgehead atoms. The molecule has 0 amide bonds. The van der Waals surface area contributed by atoms with Gasteiger partial charge in [-0.1, -0.05) is 19.1 Å². The highest BCUT2D eigenvalue weighted by molar-refractivity contribution is 14.1. The second-order valence-corrected chi connectivity index (χ2v) is 3.86. The monoisotopic (exact) mass is 282 g/mol. The predicted molar refractivity (Wildman–Crippen MR) is 62.1 cm³/mol. The molecule has 0 spiro atoms. The molecule has 0 fully saturated rings. The number of rotatable bonds is 2. The maximum Gasteiger partial charge on any atom is 0.100 e. The van der Waals surface area contributed by atoms with Gasteiger partial charge in [-0.15, -0.1) is 6.58 Å². The maximum atomic E-state index is 8.81. The van der Waals surface area contributed by atoms with Gasteiger partial charge in [0.25, 0.3) is 0 Å². The summed E-state index contributed by atoms with van der Waals surface area (Å²) in [6.07, 6.45) is 1.79. The van der Waals surface area contributed by atoms with Crippen molar-refractivity contribution in [3.8, 4) is 6.07 Å². The summed E-state index contributed by atoms with van der Waals surface area (Å²) in [7, 11) is 0. The molecule has 65 valence electrons. The van der Waals surface area contributed by atoms with E-state index in [1.54, 1.807) is 6.08 Å². The third kappa shape index (κ3) is 2.31. The largest absolute Gasteiger partial charge is 0.192 e. The van der Waals surface area contributed by atoms with Crippen molar-refractivity contribution in [2.75, 3.05) is 0 Å². The fraction of sp³-hybridized carbons (Fsp3) is 0.0909. The minimum absolute atomic E-state index is 0.722. The summed E-state index contributed by atoms with van der Waals surface area (Å²) in [5, 5.41) is 8.81. The van der Waals surface area contributed by atoms with E-state index < -0.39 is 0 Å². The van der Waals surface area contributed by atoms with Crippen molar-refractivity contribution >= 4 is 22.6 Å². The normalized spacial score (nSPS) is 9.69. The molecule has 0 aliphatic heterocycles. The number of nitriles is 1. The first-order chi connectivity index (χ1) is 6.19. The van der Waals surface area contributed by atoms with Crippen molar-refractivity contribution in [2.24, 2.45) is 0 Å². The lowest BCUT2D eigenvalue weighted by Gasteiger charge is -2.06. The van der Waals surface area contributed by atoms with Gasteiger partial charge in [0, 0.05) is 9.49 Å². The molecule has 0 saturated heterocycles. The molecule has 0 atom stereocenters. The lowest BCUT2D eigenvalue weighted by atomic mass is 10.00. The molecule has 2 heteroatoms. The Labute approximate surface area is 92.2 Å². The van der Waals surface area contributed by atoms with E-state index in [0.717, 1.165) is 20.6 Å². The smallest absolute Gasteiger partial charge is 0.100 e. The third-order valence-electron chi connectivity index (χ3n) is 1.85. The lowest BCUT2D eigenvalue weighted by Crippen LogP contribution is -1.92. The van der Waals surface area contributed by atoms with Crippen LogP contribution in [0.25, 0.3) is 0 Å². The molecule has 1 nitrogen and oxygen atoms in total. The molecule has 0 aliphatic rings. The highest BCUT2D eigenvalue weighted by Crippen LogP contribution is 2.19. The van der Waals surface area contributed by atoms with Crippen molar-refractivity contribution in [1.29, 1.82) is 5.26 Å². The Morgan fingerprint density at radius 3 is 2.85 bits per heavy atom. The average molecular weight is 282 g/mol. The van der Waals surface area contributed by atoms with E-state index in [0.29, 0.717) is 0 Å². The van der Waals surface area contributed by atoms with Crippen LogP contribution in [0.3, 0.4) is 0 Å². The highest BCUT2D eigenvalue weighted by Gasteiger charge is 2.04. The standard InChI is InChI=1S/C11H9IN/c1-3-8(2)9-4-5-11(12)10(6-9)7-13/h3-6H,1H2,2H3. The first kappa shape index (κ1) is 10.3. The molecule has 1 aromatic carbocycles. The Morgan fingerprint density at radius 1 is 1.62 bits per heavy atom. The van der Waals surface area contributed by atoms with Crippen molar-refractivity contribution in [3.63, 3.8) is 0 Å². The van der Waals surface area contributed by atoms with Gasteiger partial charge in [0.2, 0.25) is 0 Å². The Balaban J connectivity index is 3.15. The third-order valence-corrected chi connectivity index (χ3v) is 2.79. The molecule has 0 heterocycles. The van der Waals surface area contributed by atoms with Gasteiger partial charge < -0.3 is 0 Å². The average Bonchev–Trinajstić information content (AvgIpc) is 2.17. The van der Waals surface area contributed by atoms with Crippen molar-refractivity contribution in [1.82, 2.24) is 0 Å². The molecular formula is C11H9IN. The molecule has 13 heavy (non-hydrogen) atoms. The fourth-order valence-corrected chi connectivity index (χ4v) is 1.43. The maximum absolute atomic E-state index is 8.81. The summed E-state index contributed by atoms with van der Waals surface area (Å²) in [6, 6.07) is 7.99. The van der Waals surface area contributed by atoms with E-state index in [9.17, 15) is 0 Å². The Morgan fingerprint density at radius 2 is 2.31 bits per heavy atom. The molecule has 0 aliphatic carbocycles. The molecule has 0 N–H and O–H groups in total. The summed E-state index contributed by atoms with van der Waals surface area (Å²) in [4.78, 5) is 0. The first-order valence-electron chi connectivity index (χ1n) is 3.85. The number of hydrogen-bond acceptors (Lipinski definition) is 1. The zero-order chi connectivity index (χ0) is 9.84. The number of allylic oxidation sites excluding steroid dienone is 1. The van der Waals surface area contributed by atoms with Gasteiger partial charge in [-0.3, -0.25) is 0 Å². The number of nitrogens with zero attached hydrogens (tertiary/aromatic N) is 1. The van der Waals surface area contributed by atoms with Crippen LogP contribution in [0.1, 0.15) is 18.1 Å². The molecular weight excluding hydrogens is 273 g/mol. The van der Waals surface area contributed by atoms with Gasteiger partial charge in [0.15, 0.2) is 0 Å². The van der Waals surface area contributed by atoms with E-state index in [-0.39, 0.29) is 0 Å². The quantitative estimate of drug-likeness (QED) is 0.763. The number of halogens is 1. The Bertz CT molecular complexity index is 363. The van der Waals surface area contributed by atoms with E-state index >= 15 is 0 Å². The van der Waals surface area contributed by atoms with Crippen LogP contribution in [0, 0.1) is 20.8 Å². The Kier molecular flexibility index (Phi) is 3.49. The van der Waals surface area contributed by atoms with E-state index in [4.69, 9.17) is 5.26 Å². The summed E-state index contributed by atoms with van der Waals surface area (Å²) in [6.45, 7) is 5.68. The minimum Gasteiger partial charge on any atom is -0.192 e. The van der Waals surface area contributed by atoms with E-state index in [1.165, 1.54) is 0 Å². The molecule has 0 unspecified atom stereocenters. The van der Waals surface area contributed by atoms with Crippen LogP contribution in [-0.4, -0.2) is 0 Å². The lowest BCUT2D eigenvalue weighted by molar-refractivity contribution is 1.24. The molecule has 1 aromatic rings. The number of hydrogen-bond donors (Lipinski definition) is 0. The van der Waals surface area contributed by atoms with Crippen LogP contribution in [0.4, 0.5) is 0 Å². The minimum atomic E-state index is 0.722.